The highest BCUT2D eigenvalue weighted by molar-refractivity contribution is 6.25. The molecule has 0 unspecified atom stereocenters. The Morgan fingerprint density at radius 3 is 2.47 bits per heavy atom. The highest BCUT2D eigenvalue weighted by Crippen LogP contribution is 1.91. The molecule has 17 heavy (non-hydrogen) atoms. The van der Waals surface area contributed by atoms with Crippen molar-refractivity contribution >= 4 is 12.1 Å². The molecule has 6 nitrogen and oxygen atoms in total. The van der Waals surface area contributed by atoms with Crippen LogP contribution in [-0.2, 0) is 4.79 Å². The van der Waals surface area contributed by atoms with Crippen LogP contribution in [0.15, 0.2) is 5.16 Å². The molecule has 0 aromatic rings. The van der Waals surface area contributed by atoms with Crippen LogP contribution >= 0.6 is 0 Å². The number of carbonyl (C=O) groups excluding carboxylic acids is 1. The van der Waals surface area contributed by atoms with E-state index < -0.39 is 0 Å². The van der Waals surface area contributed by atoms with Crippen molar-refractivity contribution in [2.24, 2.45) is 5.16 Å². The summed E-state index contributed by atoms with van der Waals surface area (Å²) >= 11 is 0. The number of hydrogen-bond acceptors (Lipinski definition) is 5. The molecule has 0 saturated carbocycles. The molecule has 6 heteroatoms. The molecule has 0 aliphatic heterocycles. The Kier molecular flexibility index (Phi) is 9.37. The van der Waals surface area contributed by atoms with Gasteiger partial charge in [-0.25, -0.2) is 0 Å². The minimum atomic E-state index is -0.359. The molecule has 0 atom stereocenters. The Balaban J connectivity index is 3.38. The van der Waals surface area contributed by atoms with E-state index in [2.05, 4.69) is 41.4 Å². The highest BCUT2D eigenvalue weighted by Gasteiger charge is 2.00. The molecule has 0 aromatic carbocycles. The van der Waals surface area contributed by atoms with E-state index in [1.807, 2.05) is 0 Å². The van der Waals surface area contributed by atoms with E-state index in [-0.39, 0.29) is 5.91 Å². The van der Waals surface area contributed by atoms with Gasteiger partial charge in [-0.3, -0.25) is 4.79 Å². The van der Waals surface area contributed by atoms with Gasteiger partial charge in [-0.2, -0.15) is 0 Å². The summed E-state index contributed by atoms with van der Waals surface area (Å²) in [5.74, 6) is -0.359. The van der Waals surface area contributed by atoms with Gasteiger partial charge >= 0.3 is 0 Å². The van der Waals surface area contributed by atoms with Crippen molar-refractivity contribution in [2.45, 2.75) is 12.8 Å². The molecule has 0 rings (SSSR count). The second-order valence-electron chi connectivity index (χ2n) is 4.35. The Bertz CT molecular complexity index is 232. The molecule has 0 spiro atoms. The average Bonchev–Trinajstić information content (AvgIpc) is 2.24. The fourth-order valence-electron chi connectivity index (χ4n) is 1.43. The molecule has 100 valence electrons. The zero-order chi connectivity index (χ0) is 13.1. The maximum absolute atomic E-state index is 10.9. The molecular formula is C11H24N4O2. The lowest BCUT2D eigenvalue weighted by Crippen LogP contribution is -2.30. The van der Waals surface area contributed by atoms with Crippen molar-refractivity contribution in [1.82, 2.24) is 15.1 Å². The number of rotatable bonds is 9. The van der Waals surface area contributed by atoms with Crippen LogP contribution in [0.2, 0.25) is 0 Å². The maximum Gasteiger partial charge on any atom is 0.265 e. The van der Waals surface area contributed by atoms with E-state index in [0.717, 1.165) is 38.7 Å². The molecular weight excluding hydrogens is 220 g/mol. The largest absolute Gasteiger partial charge is 0.411 e. The third kappa shape index (κ3) is 11.1. The molecule has 0 aliphatic carbocycles. The van der Waals surface area contributed by atoms with Crippen LogP contribution in [0.3, 0.4) is 0 Å². The van der Waals surface area contributed by atoms with Gasteiger partial charge in [0.15, 0.2) is 0 Å². The molecule has 2 N–H and O–H groups in total. The molecule has 0 radical (unpaired) electrons. The zero-order valence-electron chi connectivity index (χ0n) is 11.0. The monoisotopic (exact) mass is 244 g/mol. The van der Waals surface area contributed by atoms with Crippen LogP contribution in [0.25, 0.3) is 0 Å². The van der Waals surface area contributed by atoms with Crippen molar-refractivity contribution in [3.63, 3.8) is 0 Å². The summed E-state index contributed by atoms with van der Waals surface area (Å²) in [6, 6.07) is 0. The van der Waals surface area contributed by atoms with Crippen molar-refractivity contribution in [1.29, 1.82) is 0 Å². The average molecular weight is 244 g/mol. The number of nitrogens with zero attached hydrogens (tertiary/aromatic N) is 3. The highest BCUT2D eigenvalue weighted by atomic mass is 16.4. The molecule has 0 heterocycles. The SMILES string of the molecule is CN(C)CCCN(C)CCCNC(=O)/C=N/O. The summed E-state index contributed by atoms with van der Waals surface area (Å²) in [6.45, 7) is 3.70. The minimum absolute atomic E-state index is 0.359. The van der Waals surface area contributed by atoms with E-state index >= 15 is 0 Å². The first-order valence-electron chi connectivity index (χ1n) is 5.84. The lowest BCUT2D eigenvalue weighted by molar-refractivity contribution is -0.114. The minimum Gasteiger partial charge on any atom is -0.411 e. The van der Waals surface area contributed by atoms with E-state index in [9.17, 15) is 4.79 Å². The predicted molar refractivity (Wildman–Crippen MR) is 68.6 cm³/mol. The fraction of sp³-hybridized carbons (Fsp3) is 0.818. The molecule has 0 aromatic heterocycles. The van der Waals surface area contributed by atoms with Gasteiger partial charge in [0, 0.05) is 6.54 Å². The summed E-state index contributed by atoms with van der Waals surface area (Å²) in [5.41, 5.74) is 0. The lowest BCUT2D eigenvalue weighted by Gasteiger charge is -2.17. The van der Waals surface area contributed by atoms with Crippen LogP contribution < -0.4 is 5.32 Å². The molecule has 0 bridgehead atoms. The fourth-order valence-corrected chi connectivity index (χ4v) is 1.43. The molecule has 1 amide bonds. The Labute approximate surface area is 103 Å². The summed E-state index contributed by atoms with van der Waals surface area (Å²) in [7, 11) is 6.21. The number of nitrogens with one attached hydrogen (secondary N) is 1. The maximum atomic E-state index is 10.9. The summed E-state index contributed by atoms with van der Waals surface area (Å²) in [6.07, 6.45) is 2.90. The normalized spacial score (nSPS) is 11.6. The van der Waals surface area contributed by atoms with Crippen LogP contribution in [-0.4, -0.2) is 74.5 Å². The van der Waals surface area contributed by atoms with E-state index in [0.29, 0.717) is 6.54 Å². The summed E-state index contributed by atoms with van der Waals surface area (Å²) in [4.78, 5) is 15.3. The van der Waals surface area contributed by atoms with E-state index in [1.54, 1.807) is 0 Å². The van der Waals surface area contributed by atoms with E-state index in [4.69, 9.17) is 5.21 Å². The van der Waals surface area contributed by atoms with Gasteiger partial charge in [-0.1, -0.05) is 5.16 Å². The summed E-state index contributed by atoms with van der Waals surface area (Å²) in [5, 5.41) is 13.4. The first-order chi connectivity index (χ1) is 8.06. The van der Waals surface area contributed by atoms with Crippen molar-refractivity contribution in [3.8, 4) is 0 Å². The quantitative estimate of drug-likeness (QED) is 0.256. The van der Waals surface area contributed by atoms with Crippen molar-refractivity contribution in [3.05, 3.63) is 0 Å². The first-order valence-corrected chi connectivity index (χ1v) is 5.84. The van der Waals surface area contributed by atoms with Gasteiger partial charge in [0.2, 0.25) is 0 Å². The third-order valence-corrected chi connectivity index (χ3v) is 2.34. The second-order valence-corrected chi connectivity index (χ2v) is 4.35. The van der Waals surface area contributed by atoms with E-state index in [1.165, 1.54) is 0 Å². The van der Waals surface area contributed by atoms with Crippen LogP contribution in [0.5, 0.6) is 0 Å². The number of hydrogen-bond donors (Lipinski definition) is 2. The van der Waals surface area contributed by atoms with Crippen LogP contribution in [0.4, 0.5) is 0 Å². The van der Waals surface area contributed by atoms with Gasteiger partial charge in [-0.15, -0.1) is 0 Å². The molecule has 0 fully saturated rings. The number of oxime groups is 1. The second kappa shape index (κ2) is 10.0. The number of carbonyl (C=O) groups is 1. The Morgan fingerprint density at radius 2 is 1.88 bits per heavy atom. The van der Waals surface area contributed by atoms with Gasteiger partial charge in [0.1, 0.15) is 6.21 Å². The number of amides is 1. The Morgan fingerprint density at radius 1 is 1.24 bits per heavy atom. The standard InChI is InChI=1S/C11H24N4O2/c1-14(2)7-5-9-15(3)8-4-6-12-11(16)10-13-17/h10,17H,4-9H2,1-3H3,(H,12,16)/b13-10+. The van der Waals surface area contributed by atoms with Crippen LogP contribution in [0, 0.1) is 0 Å². The smallest absolute Gasteiger partial charge is 0.265 e. The van der Waals surface area contributed by atoms with Crippen LogP contribution in [0.1, 0.15) is 12.8 Å². The zero-order valence-corrected chi connectivity index (χ0v) is 11.0. The molecule has 0 saturated heterocycles. The third-order valence-electron chi connectivity index (χ3n) is 2.34. The van der Waals surface area contributed by atoms with Gasteiger partial charge in [-0.05, 0) is 53.6 Å². The summed E-state index contributed by atoms with van der Waals surface area (Å²) < 4.78 is 0. The van der Waals surface area contributed by atoms with Crippen molar-refractivity contribution < 1.29 is 10.0 Å². The predicted octanol–water partition coefficient (Wildman–Crippen LogP) is -0.164. The lowest BCUT2D eigenvalue weighted by atomic mass is 10.3. The first kappa shape index (κ1) is 15.9. The van der Waals surface area contributed by atoms with Crippen molar-refractivity contribution in [2.75, 3.05) is 47.3 Å². The van der Waals surface area contributed by atoms with Gasteiger partial charge < -0.3 is 20.3 Å². The topological polar surface area (TPSA) is 68.2 Å². The molecule has 0 aliphatic rings. The van der Waals surface area contributed by atoms with Gasteiger partial charge in [0.05, 0.1) is 0 Å². The Hall–Kier alpha value is -1.14. The van der Waals surface area contributed by atoms with Gasteiger partial charge in [0.25, 0.3) is 5.91 Å².